The van der Waals surface area contributed by atoms with E-state index in [4.69, 9.17) is 9.15 Å². The van der Waals surface area contributed by atoms with Crippen LogP contribution in [0.25, 0.3) is 0 Å². The minimum Gasteiger partial charge on any atom is -0.497 e. The van der Waals surface area contributed by atoms with E-state index in [1.54, 1.807) is 19.2 Å². The molecule has 23 heavy (non-hydrogen) atoms. The predicted octanol–water partition coefficient (Wildman–Crippen LogP) is 1.52. The van der Waals surface area contributed by atoms with Crippen LogP contribution in [-0.4, -0.2) is 32.1 Å². The van der Waals surface area contributed by atoms with Gasteiger partial charge in [-0.15, -0.1) is 0 Å². The first kappa shape index (κ1) is 16.4. The summed E-state index contributed by atoms with van der Waals surface area (Å²) in [6, 6.07) is 10.3. The number of nitrogens with one attached hydrogen (secondary N) is 3. The fourth-order valence-corrected chi connectivity index (χ4v) is 1.84. The average molecular weight is 317 g/mol. The van der Waals surface area contributed by atoms with Gasteiger partial charge in [0.1, 0.15) is 5.75 Å². The van der Waals surface area contributed by atoms with E-state index in [9.17, 15) is 9.59 Å². The van der Waals surface area contributed by atoms with Crippen LogP contribution in [-0.2, 0) is 6.54 Å². The molecule has 1 aromatic heterocycles. The molecule has 122 valence electrons. The van der Waals surface area contributed by atoms with Gasteiger partial charge < -0.3 is 25.1 Å². The van der Waals surface area contributed by atoms with Crippen molar-refractivity contribution in [1.29, 1.82) is 0 Å². The van der Waals surface area contributed by atoms with Crippen LogP contribution < -0.4 is 20.7 Å². The first-order valence-corrected chi connectivity index (χ1v) is 7.15. The molecule has 0 fully saturated rings. The number of furan rings is 1. The molecule has 0 radical (unpaired) electrons. The van der Waals surface area contributed by atoms with Gasteiger partial charge in [-0.1, -0.05) is 12.1 Å². The molecule has 2 rings (SSSR count). The molecule has 2 aromatic rings. The third kappa shape index (κ3) is 5.39. The third-order valence-electron chi connectivity index (χ3n) is 3.05. The second-order valence-corrected chi connectivity index (χ2v) is 4.69. The SMILES string of the molecule is COc1ccc(CNC(=O)NCCNC(=O)c2ccco2)cc1. The van der Waals surface area contributed by atoms with E-state index in [1.165, 1.54) is 6.26 Å². The van der Waals surface area contributed by atoms with Gasteiger partial charge in [-0.3, -0.25) is 4.79 Å². The normalized spacial score (nSPS) is 9.96. The summed E-state index contributed by atoms with van der Waals surface area (Å²) in [4.78, 5) is 23.2. The lowest BCUT2D eigenvalue weighted by atomic mass is 10.2. The second-order valence-electron chi connectivity index (χ2n) is 4.69. The number of carbonyl (C=O) groups excluding carboxylic acids is 2. The van der Waals surface area contributed by atoms with Crippen LogP contribution in [0.4, 0.5) is 4.79 Å². The van der Waals surface area contributed by atoms with Gasteiger partial charge in [0.2, 0.25) is 0 Å². The molecule has 3 amide bonds. The van der Waals surface area contributed by atoms with Gasteiger partial charge in [0.05, 0.1) is 13.4 Å². The largest absolute Gasteiger partial charge is 0.497 e. The molecule has 0 unspecified atom stereocenters. The molecule has 0 aliphatic rings. The highest BCUT2D eigenvalue weighted by Gasteiger charge is 2.07. The van der Waals surface area contributed by atoms with Crippen LogP contribution in [0.1, 0.15) is 16.1 Å². The minimum atomic E-state index is -0.310. The summed E-state index contributed by atoms with van der Waals surface area (Å²) >= 11 is 0. The molecule has 7 nitrogen and oxygen atoms in total. The van der Waals surface area contributed by atoms with E-state index in [0.717, 1.165) is 11.3 Å². The van der Waals surface area contributed by atoms with E-state index >= 15 is 0 Å². The van der Waals surface area contributed by atoms with Crippen LogP contribution in [0.2, 0.25) is 0 Å². The molecule has 7 heteroatoms. The average Bonchev–Trinajstić information content (AvgIpc) is 3.12. The molecule has 1 aromatic carbocycles. The lowest BCUT2D eigenvalue weighted by Gasteiger charge is -2.08. The first-order valence-electron chi connectivity index (χ1n) is 7.15. The molecular weight excluding hydrogens is 298 g/mol. The number of carbonyl (C=O) groups is 2. The van der Waals surface area contributed by atoms with Crippen molar-refractivity contribution in [2.24, 2.45) is 0 Å². The zero-order valence-electron chi connectivity index (χ0n) is 12.8. The third-order valence-corrected chi connectivity index (χ3v) is 3.05. The maximum Gasteiger partial charge on any atom is 0.315 e. The zero-order valence-corrected chi connectivity index (χ0v) is 12.8. The number of ether oxygens (including phenoxy) is 1. The highest BCUT2D eigenvalue weighted by molar-refractivity contribution is 5.91. The van der Waals surface area contributed by atoms with Crippen molar-refractivity contribution in [1.82, 2.24) is 16.0 Å². The number of rotatable bonds is 7. The smallest absolute Gasteiger partial charge is 0.315 e. The number of amides is 3. The van der Waals surface area contributed by atoms with Crippen molar-refractivity contribution >= 4 is 11.9 Å². The maximum absolute atomic E-state index is 11.6. The predicted molar refractivity (Wildman–Crippen MR) is 84.3 cm³/mol. The Balaban J connectivity index is 1.60. The Bertz CT molecular complexity index is 623. The summed E-state index contributed by atoms with van der Waals surface area (Å²) in [6.45, 7) is 1.05. The summed E-state index contributed by atoms with van der Waals surface area (Å²) in [6.07, 6.45) is 1.43. The number of hydrogen-bond donors (Lipinski definition) is 3. The Kier molecular flexibility index (Phi) is 6.05. The second kappa shape index (κ2) is 8.47. The van der Waals surface area contributed by atoms with E-state index < -0.39 is 0 Å². The van der Waals surface area contributed by atoms with Crippen molar-refractivity contribution in [3.8, 4) is 5.75 Å². The first-order chi connectivity index (χ1) is 11.2. The quantitative estimate of drug-likeness (QED) is 0.675. The minimum absolute atomic E-state index is 0.244. The summed E-state index contributed by atoms with van der Waals surface area (Å²) in [7, 11) is 1.60. The van der Waals surface area contributed by atoms with Crippen LogP contribution in [0.3, 0.4) is 0 Å². The van der Waals surface area contributed by atoms with Crippen molar-refractivity contribution in [3.05, 3.63) is 54.0 Å². The maximum atomic E-state index is 11.6. The van der Waals surface area contributed by atoms with Gasteiger partial charge in [-0.2, -0.15) is 0 Å². The molecule has 0 aliphatic carbocycles. The Hall–Kier alpha value is -2.96. The van der Waals surface area contributed by atoms with Gasteiger partial charge >= 0.3 is 6.03 Å². The van der Waals surface area contributed by atoms with Crippen LogP contribution >= 0.6 is 0 Å². The molecule has 0 bridgehead atoms. The summed E-state index contributed by atoms with van der Waals surface area (Å²) in [5.41, 5.74) is 0.965. The van der Waals surface area contributed by atoms with E-state index in [1.807, 2.05) is 24.3 Å². The molecule has 0 spiro atoms. The highest BCUT2D eigenvalue weighted by Crippen LogP contribution is 2.10. The Morgan fingerprint density at radius 1 is 1.04 bits per heavy atom. The molecule has 0 atom stereocenters. The zero-order chi connectivity index (χ0) is 16.5. The fraction of sp³-hybridized carbons (Fsp3) is 0.250. The number of hydrogen-bond acceptors (Lipinski definition) is 4. The molecule has 0 aliphatic heterocycles. The van der Waals surface area contributed by atoms with Crippen molar-refractivity contribution in [2.45, 2.75) is 6.54 Å². The summed E-state index contributed by atoms with van der Waals surface area (Å²) < 4.78 is 10.0. The van der Waals surface area contributed by atoms with Crippen LogP contribution in [0.15, 0.2) is 47.1 Å². The molecule has 0 saturated heterocycles. The molecule has 3 N–H and O–H groups in total. The molecular formula is C16H19N3O4. The van der Waals surface area contributed by atoms with Gasteiger partial charge in [-0.25, -0.2) is 4.79 Å². The van der Waals surface area contributed by atoms with E-state index in [-0.39, 0.29) is 17.7 Å². The molecule has 0 saturated carbocycles. The summed E-state index contributed by atoms with van der Waals surface area (Å²) in [5.74, 6) is 0.704. The lowest BCUT2D eigenvalue weighted by molar-refractivity contribution is 0.0926. The van der Waals surface area contributed by atoms with Crippen molar-refractivity contribution < 1.29 is 18.7 Å². The lowest BCUT2D eigenvalue weighted by Crippen LogP contribution is -2.39. The highest BCUT2D eigenvalue weighted by atomic mass is 16.5. The van der Waals surface area contributed by atoms with E-state index in [2.05, 4.69) is 16.0 Å². The van der Waals surface area contributed by atoms with Crippen molar-refractivity contribution in [3.63, 3.8) is 0 Å². The van der Waals surface area contributed by atoms with Crippen LogP contribution in [0, 0.1) is 0 Å². The van der Waals surface area contributed by atoms with E-state index in [0.29, 0.717) is 19.6 Å². The van der Waals surface area contributed by atoms with Gasteiger partial charge in [0.15, 0.2) is 5.76 Å². The topological polar surface area (TPSA) is 92.6 Å². The van der Waals surface area contributed by atoms with Crippen molar-refractivity contribution in [2.75, 3.05) is 20.2 Å². The monoisotopic (exact) mass is 317 g/mol. The summed E-state index contributed by atoms with van der Waals surface area (Å²) in [5, 5.41) is 8.02. The molecule has 1 heterocycles. The Morgan fingerprint density at radius 2 is 1.78 bits per heavy atom. The van der Waals surface area contributed by atoms with Gasteiger partial charge in [-0.05, 0) is 29.8 Å². The number of benzene rings is 1. The van der Waals surface area contributed by atoms with Crippen LogP contribution in [0.5, 0.6) is 5.75 Å². The number of methoxy groups -OCH3 is 1. The fourth-order valence-electron chi connectivity index (χ4n) is 1.84. The standard InChI is InChI=1S/C16H19N3O4/c1-22-13-6-4-12(5-7-13)11-19-16(21)18-9-8-17-15(20)14-3-2-10-23-14/h2-7,10H,8-9,11H2,1H3,(H,17,20)(H2,18,19,21). The Labute approximate surface area is 134 Å². The number of urea groups is 1. The van der Waals surface area contributed by atoms with Gasteiger partial charge in [0, 0.05) is 19.6 Å². The Morgan fingerprint density at radius 3 is 2.43 bits per heavy atom. The van der Waals surface area contributed by atoms with Gasteiger partial charge in [0.25, 0.3) is 5.91 Å².